The first-order valence-electron chi connectivity index (χ1n) is 6.89. The van der Waals surface area contributed by atoms with Gasteiger partial charge in [0.05, 0.1) is 6.26 Å². The molecule has 1 rings (SSSR count). The maximum atomic E-state index is 11.5. The molecule has 0 radical (unpaired) electrons. The van der Waals surface area contributed by atoms with Gasteiger partial charge in [0.15, 0.2) is 0 Å². The van der Waals surface area contributed by atoms with Crippen molar-refractivity contribution in [1.29, 1.82) is 0 Å². The van der Waals surface area contributed by atoms with E-state index in [0.717, 1.165) is 12.8 Å². The summed E-state index contributed by atoms with van der Waals surface area (Å²) in [6, 6.07) is -0.452. The second kappa shape index (κ2) is 8.72. The Kier molecular flexibility index (Phi) is 7.14. The van der Waals surface area contributed by atoms with Gasteiger partial charge in [-0.2, -0.15) is 0 Å². The molecule has 0 aliphatic carbocycles. The van der Waals surface area contributed by atoms with Crippen LogP contribution in [0.5, 0.6) is 0 Å². The molecule has 1 amide bonds. The number of carbonyl (C=O) groups excluding carboxylic acids is 2. The van der Waals surface area contributed by atoms with Gasteiger partial charge in [-0.25, -0.2) is 4.79 Å². The number of ether oxygens (including phenoxy) is 1. The first-order chi connectivity index (χ1) is 8.74. The summed E-state index contributed by atoms with van der Waals surface area (Å²) in [5, 5.41) is 2.58. The smallest absolute Gasteiger partial charge is 0.333 e. The van der Waals surface area contributed by atoms with Gasteiger partial charge in [0, 0.05) is 6.42 Å². The number of nitrogens with one attached hydrogen (secondary N) is 1. The third-order valence-electron chi connectivity index (χ3n) is 3.03. The number of esters is 1. The van der Waals surface area contributed by atoms with E-state index in [2.05, 4.69) is 12.2 Å². The largest absolute Gasteiger partial charge is 0.433 e. The lowest BCUT2D eigenvalue weighted by molar-refractivity contribution is -0.141. The second-order valence-corrected chi connectivity index (χ2v) is 4.67. The minimum absolute atomic E-state index is 0.0724. The first kappa shape index (κ1) is 14.7. The molecule has 1 aliphatic heterocycles. The highest BCUT2D eigenvalue weighted by molar-refractivity contribution is 5.88. The molecule has 0 spiro atoms. The normalized spacial score (nSPS) is 19.2. The van der Waals surface area contributed by atoms with Gasteiger partial charge in [0.2, 0.25) is 5.91 Å². The molecule has 4 heteroatoms. The maximum Gasteiger partial charge on any atom is 0.333 e. The Balaban J connectivity index is 2.02. The monoisotopic (exact) mass is 253 g/mol. The van der Waals surface area contributed by atoms with Gasteiger partial charge in [-0.1, -0.05) is 32.6 Å². The summed E-state index contributed by atoms with van der Waals surface area (Å²) in [6.45, 7) is 2.20. The van der Waals surface area contributed by atoms with Crippen LogP contribution in [0.4, 0.5) is 0 Å². The number of carbonyl (C=O) groups is 2. The van der Waals surface area contributed by atoms with E-state index in [1.54, 1.807) is 0 Å². The van der Waals surface area contributed by atoms with Crippen molar-refractivity contribution in [2.75, 3.05) is 0 Å². The first-order valence-corrected chi connectivity index (χ1v) is 6.89. The van der Waals surface area contributed by atoms with Crippen molar-refractivity contribution in [3.8, 4) is 0 Å². The molecule has 0 aromatic carbocycles. The third kappa shape index (κ3) is 5.84. The molecule has 18 heavy (non-hydrogen) atoms. The molecule has 1 heterocycles. The number of hydrogen-bond donors (Lipinski definition) is 1. The van der Waals surface area contributed by atoms with Gasteiger partial charge in [-0.05, 0) is 25.3 Å². The lowest BCUT2D eigenvalue weighted by atomic mass is 10.1. The topological polar surface area (TPSA) is 55.4 Å². The van der Waals surface area contributed by atoms with Crippen LogP contribution in [-0.4, -0.2) is 17.9 Å². The lowest BCUT2D eigenvalue weighted by Gasteiger charge is -2.06. The highest BCUT2D eigenvalue weighted by Crippen LogP contribution is 2.09. The van der Waals surface area contributed by atoms with Gasteiger partial charge < -0.3 is 10.1 Å². The zero-order valence-electron chi connectivity index (χ0n) is 11.1. The molecule has 1 N–H and O–H groups in total. The molecule has 4 nitrogen and oxygen atoms in total. The van der Waals surface area contributed by atoms with Crippen LogP contribution >= 0.6 is 0 Å². The average Bonchev–Trinajstić information content (AvgIpc) is 2.79. The Morgan fingerprint density at radius 1 is 1.39 bits per heavy atom. The molecular formula is C14H23NO3. The van der Waals surface area contributed by atoms with E-state index < -0.39 is 6.04 Å². The predicted octanol–water partition coefficient (Wildman–Crippen LogP) is 2.68. The van der Waals surface area contributed by atoms with Crippen molar-refractivity contribution >= 4 is 11.9 Å². The highest BCUT2D eigenvalue weighted by atomic mass is 16.5. The second-order valence-electron chi connectivity index (χ2n) is 4.67. The molecular weight excluding hydrogens is 230 g/mol. The Morgan fingerprint density at radius 2 is 2.17 bits per heavy atom. The Bertz CT molecular complexity index is 299. The van der Waals surface area contributed by atoms with Crippen molar-refractivity contribution in [3.05, 3.63) is 12.3 Å². The van der Waals surface area contributed by atoms with Gasteiger partial charge in [0.1, 0.15) is 6.04 Å². The fourth-order valence-electron chi connectivity index (χ4n) is 1.92. The van der Waals surface area contributed by atoms with Crippen molar-refractivity contribution in [3.63, 3.8) is 0 Å². The van der Waals surface area contributed by atoms with Crippen molar-refractivity contribution in [2.45, 2.75) is 64.3 Å². The lowest BCUT2D eigenvalue weighted by Crippen LogP contribution is -2.33. The molecule has 0 aromatic heterocycles. The van der Waals surface area contributed by atoms with Crippen molar-refractivity contribution in [1.82, 2.24) is 5.32 Å². The molecule has 1 saturated heterocycles. The molecule has 1 atom stereocenters. The molecule has 1 fully saturated rings. The van der Waals surface area contributed by atoms with Crippen molar-refractivity contribution < 1.29 is 14.3 Å². The van der Waals surface area contributed by atoms with Crippen LogP contribution in [0.15, 0.2) is 12.3 Å². The quantitative estimate of drug-likeness (QED) is 0.411. The highest BCUT2D eigenvalue weighted by Gasteiger charge is 2.27. The predicted molar refractivity (Wildman–Crippen MR) is 69.8 cm³/mol. The summed E-state index contributed by atoms with van der Waals surface area (Å²) in [5.74, 6) is -0.431. The molecule has 0 unspecified atom stereocenters. The zero-order chi connectivity index (χ0) is 13.2. The fourth-order valence-corrected chi connectivity index (χ4v) is 1.92. The van der Waals surface area contributed by atoms with Gasteiger partial charge >= 0.3 is 5.97 Å². The number of hydrogen-bond acceptors (Lipinski definition) is 3. The van der Waals surface area contributed by atoms with Gasteiger partial charge in [-0.15, -0.1) is 0 Å². The Hall–Kier alpha value is -1.32. The minimum Gasteiger partial charge on any atom is -0.433 e. The van der Waals surface area contributed by atoms with Crippen molar-refractivity contribution in [2.24, 2.45) is 0 Å². The van der Waals surface area contributed by atoms with E-state index >= 15 is 0 Å². The summed E-state index contributed by atoms with van der Waals surface area (Å²) in [5.41, 5.74) is 0. The van der Waals surface area contributed by atoms with Crippen LogP contribution in [0.25, 0.3) is 0 Å². The summed E-state index contributed by atoms with van der Waals surface area (Å²) in [4.78, 5) is 22.4. The van der Waals surface area contributed by atoms with E-state index in [1.165, 1.54) is 31.9 Å². The van der Waals surface area contributed by atoms with Crippen LogP contribution in [0.1, 0.15) is 58.3 Å². The number of unbranched alkanes of at least 4 members (excludes halogenated alkanes) is 5. The zero-order valence-corrected chi connectivity index (χ0v) is 11.1. The molecule has 102 valence electrons. The fraction of sp³-hybridized carbons (Fsp3) is 0.714. The van der Waals surface area contributed by atoms with E-state index in [9.17, 15) is 9.59 Å². The van der Waals surface area contributed by atoms with Crippen LogP contribution in [-0.2, 0) is 14.3 Å². The average molecular weight is 253 g/mol. The molecule has 1 aliphatic rings. The van der Waals surface area contributed by atoms with E-state index in [1.807, 2.05) is 6.08 Å². The number of amides is 1. The van der Waals surface area contributed by atoms with Crippen LogP contribution in [0.3, 0.4) is 0 Å². The molecule has 0 bridgehead atoms. The number of rotatable bonds is 8. The molecule has 0 saturated carbocycles. The maximum absolute atomic E-state index is 11.5. The van der Waals surface area contributed by atoms with Gasteiger partial charge in [0.25, 0.3) is 0 Å². The van der Waals surface area contributed by atoms with E-state index in [4.69, 9.17) is 4.74 Å². The summed E-state index contributed by atoms with van der Waals surface area (Å²) < 4.78 is 4.97. The standard InChI is InChI=1S/C14H23NO3/c1-2-3-4-5-6-7-8-11-18-14(17)12-9-10-13(16)15-12/h8,11-12H,2-7,9-10H2,1H3,(H,15,16)/b11-8+/t12-/m0/s1. The van der Waals surface area contributed by atoms with Crippen LogP contribution in [0.2, 0.25) is 0 Å². The van der Waals surface area contributed by atoms with Gasteiger partial charge in [-0.3, -0.25) is 4.79 Å². The third-order valence-corrected chi connectivity index (χ3v) is 3.03. The van der Waals surface area contributed by atoms with Crippen LogP contribution < -0.4 is 5.32 Å². The SMILES string of the molecule is CCCCCCC/C=C/OC(=O)[C@@H]1CCC(=O)N1. The summed E-state index contributed by atoms with van der Waals surface area (Å²) in [6.07, 6.45) is 11.4. The van der Waals surface area contributed by atoms with Crippen LogP contribution in [0, 0.1) is 0 Å². The van der Waals surface area contributed by atoms with E-state index in [-0.39, 0.29) is 11.9 Å². The summed E-state index contributed by atoms with van der Waals surface area (Å²) in [7, 11) is 0. The Labute approximate surface area is 109 Å². The minimum atomic E-state index is -0.452. The number of allylic oxidation sites excluding steroid dienone is 1. The Morgan fingerprint density at radius 3 is 2.83 bits per heavy atom. The summed E-state index contributed by atoms with van der Waals surface area (Å²) >= 11 is 0. The molecule has 0 aromatic rings. The van der Waals surface area contributed by atoms with E-state index in [0.29, 0.717) is 12.8 Å².